The number of benzene rings is 3. The molecule has 0 fully saturated rings. The average Bonchev–Trinajstić information content (AvgIpc) is 2.65. The lowest BCUT2D eigenvalue weighted by molar-refractivity contribution is 0.0467. The Morgan fingerprint density at radius 3 is 2.17 bits per heavy atom. The minimum atomic E-state index is -0.475. The monoisotopic (exact) mass is 322 g/mol. The van der Waals surface area contributed by atoms with Crippen molar-refractivity contribution in [1.29, 1.82) is 0 Å². The summed E-state index contributed by atoms with van der Waals surface area (Å²) >= 11 is 0. The molecule has 0 N–H and O–H groups in total. The number of hydrogen-bond donors (Lipinski definition) is 0. The molecule has 0 aromatic heterocycles. The van der Waals surface area contributed by atoms with Gasteiger partial charge in [-0.15, -0.1) is 0 Å². The third-order valence-corrected chi connectivity index (χ3v) is 3.87. The third kappa shape index (κ3) is 3.04. The SMILES string of the molecule is COc1cccc(OC)c1C(=O)OCc1cccc2ccccc12. The molecule has 0 amide bonds. The van der Waals surface area contributed by atoms with E-state index in [-0.39, 0.29) is 6.61 Å². The highest BCUT2D eigenvalue weighted by molar-refractivity contribution is 5.96. The van der Waals surface area contributed by atoms with E-state index in [1.54, 1.807) is 18.2 Å². The molecule has 0 aliphatic carbocycles. The molecule has 3 aromatic rings. The van der Waals surface area contributed by atoms with Crippen molar-refractivity contribution < 1.29 is 19.0 Å². The van der Waals surface area contributed by atoms with Crippen molar-refractivity contribution in [3.63, 3.8) is 0 Å². The summed E-state index contributed by atoms with van der Waals surface area (Å²) in [4.78, 5) is 12.5. The van der Waals surface area contributed by atoms with Gasteiger partial charge >= 0.3 is 5.97 Å². The Morgan fingerprint density at radius 2 is 1.46 bits per heavy atom. The van der Waals surface area contributed by atoms with Crippen molar-refractivity contribution in [2.75, 3.05) is 14.2 Å². The van der Waals surface area contributed by atoms with Crippen molar-refractivity contribution in [2.24, 2.45) is 0 Å². The Balaban J connectivity index is 1.86. The molecule has 0 radical (unpaired) electrons. The summed E-state index contributed by atoms with van der Waals surface area (Å²) in [6.07, 6.45) is 0. The van der Waals surface area contributed by atoms with Crippen LogP contribution in [0.3, 0.4) is 0 Å². The van der Waals surface area contributed by atoms with Crippen LogP contribution in [0.2, 0.25) is 0 Å². The summed E-state index contributed by atoms with van der Waals surface area (Å²) in [6.45, 7) is 0.182. The number of esters is 1. The Bertz CT molecular complexity index is 843. The summed E-state index contributed by atoms with van der Waals surface area (Å²) in [5.41, 5.74) is 1.25. The second-order valence-corrected chi connectivity index (χ2v) is 5.25. The maximum Gasteiger partial charge on any atom is 0.346 e. The molecule has 4 heteroatoms. The fraction of sp³-hybridized carbons (Fsp3) is 0.150. The summed E-state index contributed by atoms with van der Waals surface area (Å²) in [7, 11) is 3.02. The molecule has 0 aliphatic rings. The molecule has 3 rings (SSSR count). The molecule has 0 aliphatic heterocycles. The van der Waals surface area contributed by atoms with Gasteiger partial charge in [-0.05, 0) is 28.5 Å². The van der Waals surface area contributed by atoms with Gasteiger partial charge in [0.2, 0.25) is 0 Å². The quantitative estimate of drug-likeness (QED) is 0.660. The minimum Gasteiger partial charge on any atom is -0.496 e. The van der Waals surface area contributed by atoms with Gasteiger partial charge in [0.05, 0.1) is 14.2 Å². The number of rotatable bonds is 5. The van der Waals surface area contributed by atoms with Crippen LogP contribution in [-0.2, 0) is 11.3 Å². The standard InChI is InChI=1S/C20H18O4/c1-22-17-11-6-12-18(23-2)19(17)20(21)24-13-15-9-5-8-14-7-3-4-10-16(14)15/h3-12H,13H2,1-2H3. The van der Waals surface area contributed by atoms with E-state index in [1.807, 2.05) is 42.5 Å². The van der Waals surface area contributed by atoms with Crippen LogP contribution in [0, 0.1) is 0 Å². The number of fused-ring (bicyclic) bond motifs is 1. The van der Waals surface area contributed by atoms with Crippen LogP contribution in [0.15, 0.2) is 60.7 Å². The average molecular weight is 322 g/mol. The lowest BCUT2D eigenvalue weighted by Gasteiger charge is -2.13. The molecule has 0 heterocycles. The van der Waals surface area contributed by atoms with E-state index in [2.05, 4.69) is 0 Å². The predicted molar refractivity (Wildman–Crippen MR) is 92.6 cm³/mol. The molecule has 4 nitrogen and oxygen atoms in total. The molecule has 0 atom stereocenters. The first kappa shape index (κ1) is 15.9. The first-order valence-corrected chi connectivity index (χ1v) is 7.59. The van der Waals surface area contributed by atoms with Gasteiger partial charge in [0, 0.05) is 0 Å². The third-order valence-electron chi connectivity index (χ3n) is 3.87. The van der Waals surface area contributed by atoms with Gasteiger partial charge in [-0.1, -0.05) is 48.5 Å². The van der Waals surface area contributed by atoms with Crippen LogP contribution in [-0.4, -0.2) is 20.2 Å². The number of carbonyl (C=O) groups excluding carboxylic acids is 1. The summed E-state index contributed by atoms with van der Waals surface area (Å²) in [5, 5.41) is 2.18. The molecule has 0 saturated heterocycles. The zero-order valence-corrected chi connectivity index (χ0v) is 13.6. The minimum absolute atomic E-state index is 0.182. The molecule has 0 bridgehead atoms. The number of carbonyl (C=O) groups is 1. The molecule has 0 unspecified atom stereocenters. The Kier molecular flexibility index (Phi) is 4.66. The van der Waals surface area contributed by atoms with Gasteiger partial charge in [0.1, 0.15) is 23.7 Å². The van der Waals surface area contributed by atoms with E-state index in [9.17, 15) is 4.79 Å². The molecule has 24 heavy (non-hydrogen) atoms. The smallest absolute Gasteiger partial charge is 0.346 e. The van der Waals surface area contributed by atoms with Crippen molar-refractivity contribution in [3.05, 3.63) is 71.8 Å². The molecule has 0 saturated carbocycles. The molecule has 122 valence electrons. The highest BCUT2D eigenvalue weighted by Gasteiger charge is 2.19. The predicted octanol–water partition coefficient (Wildman–Crippen LogP) is 4.21. The van der Waals surface area contributed by atoms with Crippen molar-refractivity contribution >= 4 is 16.7 Å². The summed E-state index contributed by atoms with van der Waals surface area (Å²) < 4.78 is 16.0. The Hall–Kier alpha value is -3.01. The van der Waals surface area contributed by atoms with Gasteiger partial charge in [0.15, 0.2) is 0 Å². The van der Waals surface area contributed by atoms with E-state index in [4.69, 9.17) is 14.2 Å². The highest BCUT2D eigenvalue weighted by Crippen LogP contribution is 2.29. The van der Waals surface area contributed by atoms with Gasteiger partial charge in [0.25, 0.3) is 0 Å². The topological polar surface area (TPSA) is 44.8 Å². The van der Waals surface area contributed by atoms with Gasteiger partial charge in [-0.2, -0.15) is 0 Å². The van der Waals surface area contributed by atoms with Crippen LogP contribution < -0.4 is 9.47 Å². The van der Waals surface area contributed by atoms with Crippen LogP contribution in [0.1, 0.15) is 15.9 Å². The van der Waals surface area contributed by atoms with E-state index in [0.717, 1.165) is 16.3 Å². The van der Waals surface area contributed by atoms with E-state index < -0.39 is 5.97 Å². The zero-order valence-electron chi connectivity index (χ0n) is 13.6. The first-order valence-electron chi connectivity index (χ1n) is 7.59. The van der Waals surface area contributed by atoms with Crippen LogP contribution in [0.5, 0.6) is 11.5 Å². The molecular weight excluding hydrogens is 304 g/mol. The molecular formula is C20H18O4. The van der Waals surface area contributed by atoms with E-state index in [1.165, 1.54) is 14.2 Å². The van der Waals surface area contributed by atoms with Crippen molar-refractivity contribution in [1.82, 2.24) is 0 Å². The van der Waals surface area contributed by atoms with E-state index in [0.29, 0.717) is 17.1 Å². The fourth-order valence-corrected chi connectivity index (χ4v) is 2.69. The van der Waals surface area contributed by atoms with Crippen LogP contribution in [0.4, 0.5) is 0 Å². The Morgan fingerprint density at radius 1 is 0.833 bits per heavy atom. The van der Waals surface area contributed by atoms with Crippen molar-refractivity contribution in [2.45, 2.75) is 6.61 Å². The summed E-state index contributed by atoms with van der Waals surface area (Å²) in [6, 6.07) is 19.1. The first-order chi connectivity index (χ1) is 11.7. The van der Waals surface area contributed by atoms with Gasteiger partial charge in [-0.25, -0.2) is 4.79 Å². The van der Waals surface area contributed by atoms with Gasteiger partial charge in [-0.3, -0.25) is 0 Å². The highest BCUT2D eigenvalue weighted by atomic mass is 16.5. The van der Waals surface area contributed by atoms with Crippen LogP contribution >= 0.6 is 0 Å². The largest absolute Gasteiger partial charge is 0.496 e. The maximum absolute atomic E-state index is 12.5. The van der Waals surface area contributed by atoms with Crippen LogP contribution in [0.25, 0.3) is 10.8 Å². The summed E-state index contributed by atoms with van der Waals surface area (Å²) in [5.74, 6) is 0.381. The molecule has 0 spiro atoms. The number of hydrogen-bond acceptors (Lipinski definition) is 4. The van der Waals surface area contributed by atoms with Crippen molar-refractivity contribution in [3.8, 4) is 11.5 Å². The fourth-order valence-electron chi connectivity index (χ4n) is 2.69. The maximum atomic E-state index is 12.5. The lowest BCUT2D eigenvalue weighted by atomic mass is 10.1. The normalized spacial score (nSPS) is 10.4. The lowest BCUT2D eigenvalue weighted by Crippen LogP contribution is -2.09. The zero-order chi connectivity index (χ0) is 16.9. The second-order valence-electron chi connectivity index (χ2n) is 5.25. The number of ether oxygens (including phenoxy) is 3. The number of methoxy groups -OCH3 is 2. The molecule has 3 aromatic carbocycles. The Labute approximate surface area is 140 Å². The van der Waals surface area contributed by atoms with E-state index >= 15 is 0 Å². The van der Waals surface area contributed by atoms with Gasteiger partial charge < -0.3 is 14.2 Å². The second kappa shape index (κ2) is 7.04.